The van der Waals surface area contributed by atoms with E-state index < -0.39 is 18.1 Å². The number of ether oxygens (including phenoxy) is 1. The number of carbonyl (C=O) groups is 3. The number of hydrogen-bond acceptors (Lipinski definition) is 5. The highest BCUT2D eigenvalue weighted by atomic mass is 32.1. The van der Waals surface area contributed by atoms with E-state index in [1.807, 2.05) is 35.7 Å². The fourth-order valence-corrected chi connectivity index (χ4v) is 5.19. The molecule has 35 heavy (non-hydrogen) atoms. The third kappa shape index (κ3) is 5.71. The maximum absolute atomic E-state index is 13.1. The normalized spacial score (nSPS) is 12.9. The van der Waals surface area contributed by atoms with Gasteiger partial charge in [-0.1, -0.05) is 54.6 Å². The van der Waals surface area contributed by atoms with Gasteiger partial charge in [0, 0.05) is 30.8 Å². The molecule has 1 atom stereocenters. The summed E-state index contributed by atoms with van der Waals surface area (Å²) < 4.78 is 5.64. The second-order valence-corrected chi connectivity index (χ2v) is 9.51. The molecular weight excluding hydrogens is 464 g/mol. The third-order valence-electron chi connectivity index (χ3n) is 6.19. The number of hydrogen-bond donors (Lipinski definition) is 2. The van der Waals surface area contributed by atoms with Crippen LogP contribution in [0.4, 0.5) is 4.79 Å². The number of alkyl carbamates (subject to hydrolysis) is 1. The number of likely N-dealkylation sites (N-methyl/N-ethyl adjacent to an activating group) is 1. The maximum Gasteiger partial charge on any atom is 0.408 e. The van der Waals surface area contributed by atoms with Gasteiger partial charge < -0.3 is 20.1 Å². The molecule has 1 aliphatic rings. The van der Waals surface area contributed by atoms with Gasteiger partial charge in [0.2, 0.25) is 5.91 Å². The lowest BCUT2D eigenvalue weighted by Crippen LogP contribution is -2.41. The van der Waals surface area contributed by atoms with Crippen LogP contribution >= 0.6 is 11.3 Å². The standard InChI is InChI=1S/C27H28N2O5S/c1-29(15-7-6-14-24(30)31)26(32)25(23-13-8-16-35-23)28-27(33)34-17-22-20-11-4-2-9-18(20)19-10-3-5-12-21(19)22/h2-5,8-13,16,22,25H,6-7,14-15,17H2,1H3,(H,28,33)(H,30,31). The van der Waals surface area contributed by atoms with E-state index in [1.165, 1.54) is 16.2 Å². The Morgan fingerprint density at radius 1 is 1.00 bits per heavy atom. The summed E-state index contributed by atoms with van der Waals surface area (Å²) in [6.45, 7) is 0.566. The largest absolute Gasteiger partial charge is 0.481 e. The van der Waals surface area contributed by atoms with Crippen LogP contribution in [-0.4, -0.2) is 48.2 Å². The molecule has 2 aromatic carbocycles. The van der Waals surface area contributed by atoms with Crippen molar-refractivity contribution in [3.05, 3.63) is 82.0 Å². The number of unbranched alkanes of at least 4 members (excludes halogenated alkanes) is 1. The molecule has 4 rings (SSSR count). The van der Waals surface area contributed by atoms with Gasteiger partial charge in [0.25, 0.3) is 0 Å². The monoisotopic (exact) mass is 492 g/mol. The number of nitrogens with zero attached hydrogens (tertiary/aromatic N) is 1. The summed E-state index contributed by atoms with van der Waals surface area (Å²) in [6.07, 6.45) is 0.458. The van der Waals surface area contributed by atoms with Crippen LogP contribution in [0.5, 0.6) is 0 Å². The van der Waals surface area contributed by atoms with Crippen molar-refractivity contribution in [1.82, 2.24) is 10.2 Å². The number of benzene rings is 2. The van der Waals surface area contributed by atoms with E-state index in [1.54, 1.807) is 13.1 Å². The highest BCUT2D eigenvalue weighted by Crippen LogP contribution is 2.44. The second-order valence-electron chi connectivity index (χ2n) is 8.53. The lowest BCUT2D eigenvalue weighted by Gasteiger charge is -2.24. The van der Waals surface area contributed by atoms with Crippen LogP contribution in [0.2, 0.25) is 0 Å². The molecule has 7 nitrogen and oxygen atoms in total. The summed E-state index contributed by atoms with van der Waals surface area (Å²) in [6, 6.07) is 19.0. The van der Waals surface area contributed by atoms with E-state index in [0.29, 0.717) is 24.3 Å². The Morgan fingerprint density at radius 2 is 1.66 bits per heavy atom. The SMILES string of the molecule is CN(CCCCC(=O)O)C(=O)C(NC(=O)OCC1c2ccccc2-c2ccccc21)c1cccs1. The van der Waals surface area contributed by atoms with E-state index in [0.717, 1.165) is 22.3 Å². The molecule has 0 radical (unpaired) electrons. The zero-order valence-electron chi connectivity index (χ0n) is 19.5. The summed E-state index contributed by atoms with van der Waals surface area (Å²) >= 11 is 1.38. The molecule has 0 saturated heterocycles. The predicted octanol–water partition coefficient (Wildman–Crippen LogP) is 5.04. The quantitative estimate of drug-likeness (QED) is 0.387. The fraction of sp³-hybridized carbons (Fsp3) is 0.296. The number of nitrogens with one attached hydrogen (secondary N) is 1. The number of aliphatic carboxylic acids is 1. The molecule has 8 heteroatoms. The molecule has 0 saturated carbocycles. The summed E-state index contributed by atoms with van der Waals surface area (Å²) in [5.74, 6) is -1.19. The van der Waals surface area contributed by atoms with E-state index in [2.05, 4.69) is 29.6 Å². The Hall–Kier alpha value is -3.65. The molecule has 1 heterocycles. The molecule has 3 aromatic rings. The Morgan fingerprint density at radius 3 is 2.26 bits per heavy atom. The minimum atomic E-state index is -0.866. The Bertz CT molecular complexity index is 1150. The molecule has 0 fully saturated rings. The minimum Gasteiger partial charge on any atom is -0.481 e. The Labute approximate surface area is 208 Å². The number of carboxylic acid groups (broad SMARTS) is 1. The van der Waals surface area contributed by atoms with Gasteiger partial charge >= 0.3 is 12.1 Å². The van der Waals surface area contributed by atoms with Crippen LogP contribution in [-0.2, 0) is 14.3 Å². The van der Waals surface area contributed by atoms with Gasteiger partial charge in [0.15, 0.2) is 0 Å². The van der Waals surface area contributed by atoms with Gasteiger partial charge in [-0.25, -0.2) is 4.79 Å². The fourth-order valence-electron chi connectivity index (χ4n) is 4.42. The van der Waals surface area contributed by atoms with Crippen molar-refractivity contribution < 1.29 is 24.2 Å². The lowest BCUT2D eigenvalue weighted by atomic mass is 9.98. The van der Waals surface area contributed by atoms with Crippen LogP contribution in [0.1, 0.15) is 47.2 Å². The number of rotatable bonds is 10. The topological polar surface area (TPSA) is 95.9 Å². The third-order valence-corrected chi connectivity index (χ3v) is 7.13. The molecule has 1 unspecified atom stereocenters. The highest BCUT2D eigenvalue weighted by Gasteiger charge is 2.31. The van der Waals surface area contributed by atoms with Crippen LogP contribution < -0.4 is 5.32 Å². The number of thiophene rings is 1. The highest BCUT2D eigenvalue weighted by molar-refractivity contribution is 7.10. The lowest BCUT2D eigenvalue weighted by molar-refractivity contribution is -0.137. The summed E-state index contributed by atoms with van der Waals surface area (Å²) in [7, 11) is 1.66. The number of carboxylic acids is 1. The van der Waals surface area contributed by atoms with Crippen LogP contribution in [0, 0.1) is 0 Å². The minimum absolute atomic E-state index is 0.0639. The molecule has 2 N–H and O–H groups in total. The van der Waals surface area contributed by atoms with Crippen molar-refractivity contribution in [1.29, 1.82) is 0 Å². The molecular formula is C27H28N2O5S. The van der Waals surface area contributed by atoms with Gasteiger partial charge in [0.1, 0.15) is 12.6 Å². The first-order valence-electron chi connectivity index (χ1n) is 11.6. The van der Waals surface area contributed by atoms with Gasteiger partial charge in [-0.2, -0.15) is 0 Å². The van der Waals surface area contributed by atoms with Crippen LogP contribution in [0.15, 0.2) is 66.0 Å². The first kappa shape index (κ1) is 24.5. The van der Waals surface area contributed by atoms with E-state index >= 15 is 0 Å². The zero-order chi connectivity index (χ0) is 24.8. The van der Waals surface area contributed by atoms with Gasteiger partial charge in [-0.3, -0.25) is 9.59 Å². The Kier molecular flexibility index (Phi) is 7.82. The smallest absolute Gasteiger partial charge is 0.408 e. The number of fused-ring (bicyclic) bond motifs is 3. The van der Waals surface area contributed by atoms with E-state index in [9.17, 15) is 14.4 Å². The van der Waals surface area contributed by atoms with Crippen molar-refractivity contribution in [2.24, 2.45) is 0 Å². The van der Waals surface area contributed by atoms with Crippen LogP contribution in [0.25, 0.3) is 11.1 Å². The Balaban J connectivity index is 1.40. The average molecular weight is 493 g/mol. The van der Waals surface area contributed by atoms with Crippen molar-refractivity contribution >= 4 is 29.3 Å². The van der Waals surface area contributed by atoms with Crippen molar-refractivity contribution in [2.75, 3.05) is 20.2 Å². The summed E-state index contributed by atoms with van der Waals surface area (Å²) in [5, 5.41) is 13.4. The summed E-state index contributed by atoms with van der Waals surface area (Å²) in [5.41, 5.74) is 4.53. The number of carbonyl (C=O) groups excluding carboxylic acids is 2. The van der Waals surface area contributed by atoms with Crippen molar-refractivity contribution in [3.63, 3.8) is 0 Å². The first-order chi connectivity index (χ1) is 17.0. The summed E-state index contributed by atoms with van der Waals surface area (Å²) in [4.78, 5) is 38.9. The van der Waals surface area contributed by atoms with E-state index in [4.69, 9.17) is 9.84 Å². The maximum atomic E-state index is 13.1. The molecule has 2 amide bonds. The number of amides is 2. The van der Waals surface area contributed by atoms with Crippen molar-refractivity contribution in [2.45, 2.75) is 31.2 Å². The zero-order valence-corrected chi connectivity index (χ0v) is 20.3. The molecule has 0 spiro atoms. The first-order valence-corrected chi connectivity index (χ1v) is 12.5. The average Bonchev–Trinajstić information content (AvgIpc) is 3.50. The molecule has 1 aliphatic carbocycles. The van der Waals surface area contributed by atoms with Crippen molar-refractivity contribution in [3.8, 4) is 11.1 Å². The van der Waals surface area contributed by atoms with Gasteiger partial charge in [-0.05, 0) is 46.5 Å². The predicted molar refractivity (Wildman–Crippen MR) is 134 cm³/mol. The van der Waals surface area contributed by atoms with Gasteiger partial charge in [-0.15, -0.1) is 11.3 Å². The molecule has 182 valence electrons. The van der Waals surface area contributed by atoms with Crippen LogP contribution in [0.3, 0.4) is 0 Å². The molecule has 0 aliphatic heterocycles. The second kappa shape index (κ2) is 11.2. The molecule has 0 bridgehead atoms. The molecule has 1 aromatic heterocycles. The van der Waals surface area contributed by atoms with E-state index in [-0.39, 0.29) is 24.9 Å². The van der Waals surface area contributed by atoms with Gasteiger partial charge in [0.05, 0.1) is 0 Å².